The normalized spacial score (nSPS) is 10.3. The third-order valence-corrected chi connectivity index (χ3v) is 3.35. The summed E-state index contributed by atoms with van der Waals surface area (Å²) in [5, 5.41) is 3.91. The predicted octanol–water partition coefficient (Wildman–Crippen LogP) is 3.89. The Morgan fingerprint density at radius 2 is 1.89 bits per heavy atom. The third-order valence-electron chi connectivity index (χ3n) is 3.02. The minimum Gasteiger partial charge on any atom is -0.396 e. The Kier molecular flexibility index (Phi) is 4.11. The Morgan fingerprint density at radius 3 is 2.67 bits per heavy atom. The van der Waals surface area contributed by atoms with E-state index in [4.69, 9.17) is 17.3 Å². The molecule has 0 aliphatic rings. The lowest BCUT2D eigenvalue weighted by atomic mass is 10.1. The molecule has 0 saturated heterocycles. The first kappa shape index (κ1) is 12.8. The fourth-order valence-corrected chi connectivity index (χ4v) is 2.09. The van der Waals surface area contributed by atoms with Crippen LogP contribution in [0.5, 0.6) is 0 Å². The van der Waals surface area contributed by atoms with Crippen LogP contribution in [0.15, 0.2) is 42.5 Å². The molecule has 2 aromatic carbocycles. The monoisotopic (exact) mass is 260 g/mol. The number of rotatable bonds is 4. The zero-order valence-corrected chi connectivity index (χ0v) is 11.2. The summed E-state index contributed by atoms with van der Waals surface area (Å²) in [5.41, 5.74) is 10.1. The first-order chi connectivity index (χ1) is 8.68. The van der Waals surface area contributed by atoms with Crippen molar-refractivity contribution >= 4 is 23.0 Å². The average Bonchev–Trinajstić information content (AvgIpc) is 2.37. The lowest BCUT2D eigenvalue weighted by Crippen LogP contribution is -2.07. The summed E-state index contributed by atoms with van der Waals surface area (Å²) in [4.78, 5) is 0. The van der Waals surface area contributed by atoms with Crippen LogP contribution < -0.4 is 11.1 Å². The van der Waals surface area contributed by atoms with Gasteiger partial charge in [0.2, 0.25) is 0 Å². The van der Waals surface area contributed by atoms with Crippen LogP contribution in [-0.4, -0.2) is 6.54 Å². The van der Waals surface area contributed by atoms with Gasteiger partial charge in [-0.3, -0.25) is 0 Å². The van der Waals surface area contributed by atoms with Gasteiger partial charge < -0.3 is 11.1 Å². The van der Waals surface area contributed by atoms with Crippen LogP contribution in [0, 0.1) is 6.92 Å². The highest BCUT2D eigenvalue weighted by molar-refractivity contribution is 6.33. The number of nitrogen functional groups attached to an aromatic ring is 1. The quantitative estimate of drug-likeness (QED) is 0.819. The number of hydrogen-bond acceptors (Lipinski definition) is 2. The molecule has 0 aromatic heterocycles. The van der Waals surface area contributed by atoms with Crippen molar-refractivity contribution in [2.45, 2.75) is 13.3 Å². The molecule has 18 heavy (non-hydrogen) atoms. The van der Waals surface area contributed by atoms with Crippen molar-refractivity contribution in [3.63, 3.8) is 0 Å². The minimum atomic E-state index is 0.593. The Bertz CT molecular complexity index is 538. The highest BCUT2D eigenvalue weighted by atomic mass is 35.5. The van der Waals surface area contributed by atoms with Gasteiger partial charge >= 0.3 is 0 Å². The Hall–Kier alpha value is -1.67. The number of halogens is 1. The molecule has 0 radical (unpaired) electrons. The lowest BCUT2D eigenvalue weighted by molar-refractivity contribution is 1.01. The van der Waals surface area contributed by atoms with Gasteiger partial charge in [-0.25, -0.2) is 0 Å². The van der Waals surface area contributed by atoms with Gasteiger partial charge in [-0.2, -0.15) is 0 Å². The van der Waals surface area contributed by atoms with Crippen LogP contribution in [0.2, 0.25) is 5.02 Å². The molecule has 2 aromatic rings. The second-order valence-electron chi connectivity index (χ2n) is 4.30. The first-order valence-electron chi connectivity index (χ1n) is 6.01. The Labute approximate surface area is 113 Å². The van der Waals surface area contributed by atoms with Crippen LogP contribution in [0.1, 0.15) is 11.1 Å². The van der Waals surface area contributed by atoms with Gasteiger partial charge in [0.1, 0.15) is 0 Å². The summed E-state index contributed by atoms with van der Waals surface area (Å²) >= 11 is 5.97. The highest BCUT2D eigenvalue weighted by Gasteiger charge is 2.02. The maximum Gasteiger partial charge on any atom is 0.0739 e. The van der Waals surface area contributed by atoms with E-state index in [1.54, 1.807) is 6.07 Å². The molecule has 0 amide bonds. The number of nitrogens with two attached hydrogens (primary N) is 1. The lowest BCUT2D eigenvalue weighted by Gasteiger charge is -2.11. The van der Waals surface area contributed by atoms with E-state index in [9.17, 15) is 0 Å². The summed E-state index contributed by atoms with van der Waals surface area (Å²) in [6, 6.07) is 14.0. The van der Waals surface area contributed by atoms with E-state index < -0.39 is 0 Å². The Balaban J connectivity index is 1.97. The van der Waals surface area contributed by atoms with E-state index >= 15 is 0 Å². The molecular weight excluding hydrogens is 244 g/mol. The smallest absolute Gasteiger partial charge is 0.0739 e. The van der Waals surface area contributed by atoms with Crippen LogP contribution in [0.3, 0.4) is 0 Å². The molecule has 0 aliphatic carbocycles. The molecule has 0 heterocycles. The van der Waals surface area contributed by atoms with Gasteiger partial charge in [0.25, 0.3) is 0 Å². The van der Waals surface area contributed by atoms with Gasteiger partial charge in [0, 0.05) is 6.54 Å². The van der Waals surface area contributed by atoms with Gasteiger partial charge in [-0.15, -0.1) is 0 Å². The van der Waals surface area contributed by atoms with E-state index in [1.807, 2.05) is 12.1 Å². The van der Waals surface area contributed by atoms with E-state index in [2.05, 4.69) is 36.5 Å². The molecule has 0 bridgehead atoms. The van der Waals surface area contributed by atoms with Crippen molar-refractivity contribution in [2.75, 3.05) is 17.6 Å². The molecule has 0 unspecified atom stereocenters. The topological polar surface area (TPSA) is 38.0 Å². The van der Waals surface area contributed by atoms with Crippen molar-refractivity contribution in [1.82, 2.24) is 0 Å². The minimum absolute atomic E-state index is 0.593. The molecular formula is C15H17ClN2. The molecule has 2 nitrogen and oxygen atoms in total. The number of anilines is 2. The van der Waals surface area contributed by atoms with Crippen molar-refractivity contribution in [2.24, 2.45) is 0 Å². The third kappa shape index (κ3) is 2.96. The summed E-state index contributed by atoms with van der Waals surface area (Å²) in [6.07, 6.45) is 0.971. The standard InChI is InChI=1S/C15H17ClN2/c1-11-5-2-3-6-12(11)9-10-18-14-8-4-7-13(16)15(14)17/h2-8,18H,9-10,17H2,1H3. The summed E-state index contributed by atoms with van der Waals surface area (Å²) in [6.45, 7) is 2.97. The second-order valence-corrected chi connectivity index (χ2v) is 4.71. The van der Waals surface area contributed by atoms with Crippen molar-refractivity contribution in [1.29, 1.82) is 0 Å². The van der Waals surface area contributed by atoms with E-state index in [0.29, 0.717) is 10.7 Å². The van der Waals surface area contributed by atoms with Gasteiger partial charge in [-0.05, 0) is 36.6 Å². The van der Waals surface area contributed by atoms with E-state index in [-0.39, 0.29) is 0 Å². The summed E-state index contributed by atoms with van der Waals surface area (Å²) in [7, 11) is 0. The fourth-order valence-electron chi connectivity index (χ4n) is 1.91. The number of nitrogens with one attached hydrogen (secondary N) is 1. The number of aryl methyl sites for hydroxylation is 1. The second kappa shape index (κ2) is 5.78. The Morgan fingerprint density at radius 1 is 1.11 bits per heavy atom. The molecule has 2 rings (SSSR count). The van der Waals surface area contributed by atoms with Crippen LogP contribution in [-0.2, 0) is 6.42 Å². The van der Waals surface area contributed by atoms with Crippen LogP contribution >= 0.6 is 11.6 Å². The largest absolute Gasteiger partial charge is 0.396 e. The number of benzene rings is 2. The van der Waals surface area contributed by atoms with Crippen LogP contribution in [0.25, 0.3) is 0 Å². The van der Waals surface area contributed by atoms with Crippen molar-refractivity contribution < 1.29 is 0 Å². The molecule has 3 N–H and O–H groups in total. The van der Waals surface area contributed by atoms with Crippen molar-refractivity contribution in [3.8, 4) is 0 Å². The van der Waals surface area contributed by atoms with Gasteiger partial charge in [-0.1, -0.05) is 41.9 Å². The molecule has 3 heteroatoms. The summed E-state index contributed by atoms with van der Waals surface area (Å²) in [5.74, 6) is 0. The molecule has 0 spiro atoms. The predicted molar refractivity (Wildman–Crippen MR) is 79.2 cm³/mol. The average molecular weight is 261 g/mol. The maximum absolute atomic E-state index is 5.97. The van der Waals surface area contributed by atoms with Gasteiger partial charge in [0.15, 0.2) is 0 Å². The molecule has 0 saturated carbocycles. The SMILES string of the molecule is Cc1ccccc1CCNc1cccc(Cl)c1N. The maximum atomic E-state index is 5.97. The zero-order chi connectivity index (χ0) is 13.0. The first-order valence-corrected chi connectivity index (χ1v) is 6.38. The molecule has 0 aliphatic heterocycles. The summed E-state index contributed by atoms with van der Waals surface area (Å²) < 4.78 is 0. The molecule has 94 valence electrons. The van der Waals surface area contributed by atoms with E-state index in [0.717, 1.165) is 18.7 Å². The molecule has 0 fully saturated rings. The van der Waals surface area contributed by atoms with Crippen LogP contribution in [0.4, 0.5) is 11.4 Å². The number of para-hydroxylation sites is 1. The van der Waals surface area contributed by atoms with E-state index in [1.165, 1.54) is 11.1 Å². The van der Waals surface area contributed by atoms with Gasteiger partial charge in [0.05, 0.1) is 16.4 Å². The molecule has 0 atom stereocenters. The number of hydrogen-bond donors (Lipinski definition) is 2. The highest BCUT2D eigenvalue weighted by Crippen LogP contribution is 2.26. The van der Waals surface area contributed by atoms with Crippen molar-refractivity contribution in [3.05, 3.63) is 58.6 Å². The fraction of sp³-hybridized carbons (Fsp3) is 0.200. The zero-order valence-electron chi connectivity index (χ0n) is 10.4.